The minimum Gasteiger partial charge on any atom is -0.462 e. The first-order chi connectivity index (χ1) is 27.2. The van der Waals surface area contributed by atoms with Crippen LogP contribution in [-0.4, -0.2) is 52.7 Å². The van der Waals surface area contributed by atoms with Gasteiger partial charge in [0.05, 0.1) is 66.1 Å². The molecule has 56 heavy (non-hydrogen) atoms. The van der Waals surface area contributed by atoms with Gasteiger partial charge in [0.25, 0.3) is 0 Å². The van der Waals surface area contributed by atoms with E-state index in [2.05, 4.69) is 23.4 Å². The summed E-state index contributed by atoms with van der Waals surface area (Å²) in [6.45, 7) is 5.48. The zero-order valence-corrected chi connectivity index (χ0v) is 30.3. The smallest absolute Gasteiger partial charge is 0.358 e. The van der Waals surface area contributed by atoms with E-state index in [1.54, 1.807) is 95.4 Å². The van der Waals surface area contributed by atoms with E-state index in [1.807, 2.05) is 0 Å². The van der Waals surface area contributed by atoms with Gasteiger partial charge in [-0.1, -0.05) is 42.7 Å². The molecule has 2 aliphatic heterocycles. The third-order valence-electron chi connectivity index (χ3n) is 9.41. The Morgan fingerprint density at radius 2 is 1.38 bits per heavy atom. The predicted molar refractivity (Wildman–Crippen MR) is 210 cm³/mol. The molecule has 0 saturated heterocycles. The molecular formula is C45H33F2N5O4. The molecule has 276 valence electrons. The third kappa shape index (κ3) is 7.02. The second kappa shape index (κ2) is 15.9. The summed E-state index contributed by atoms with van der Waals surface area (Å²) >= 11 is 0. The van der Waals surface area contributed by atoms with Crippen molar-refractivity contribution in [2.75, 3.05) is 24.7 Å². The highest BCUT2D eigenvalue weighted by molar-refractivity contribution is 6.17. The maximum Gasteiger partial charge on any atom is 0.358 e. The number of hydrogen-bond donors (Lipinski definition) is 0. The molecule has 0 amide bonds. The van der Waals surface area contributed by atoms with E-state index in [0.717, 1.165) is 0 Å². The number of aromatic nitrogens is 2. The number of halogens is 2. The molecule has 7 rings (SSSR count). The Labute approximate surface area is 322 Å². The van der Waals surface area contributed by atoms with Crippen LogP contribution in [0.5, 0.6) is 0 Å². The van der Waals surface area contributed by atoms with E-state index in [4.69, 9.17) is 32.3 Å². The first-order valence-electron chi connectivity index (χ1n) is 17.6. The number of nitrogens with zero attached hydrogens (tertiary/aromatic N) is 5. The summed E-state index contributed by atoms with van der Waals surface area (Å²) in [5, 5.41) is 0. The molecule has 4 aromatic carbocycles. The predicted octanol–water partition coefficient (Wildman–Crippen LogP) is 7.33. The molecule has 1 aromatic heterocycles. The first kappa shape index (κ1) is 37.0. The van der Waals surface area contributed by atoms with Crippen LogP contribution in [-0.2, 0) is 20.8 Å². The second-order valence-corrected chi connectivity index (χ2v) is 12.7. The third-order valence-corrected chi connectivity index (χ3v) is 9.41. The van der Waals surface area contributed by atoms with Crippen LogP contribution in [0, 0.1) is 36.3 Å². The SMILES string of the molecule is C#Cc1ccc2c(c1)C(c1ccccc1F)=NC/C(=C(/C)C(=O)OCCCOC(=O)c1ncn3c1CN=C(c1ccccc1F)c1cc(C#C)ccc1-3)N2C=C. The van der Waals surface area contributed by atoms with E-state index >= 15 is 4.39 Å². The molecule has 0 N–H and O–H groups in total. The molecular weight excluding hydrogens is 713 g/mol. The Balaban J connectivity index is 1.05. The number of carbonyl (C=O) groups is 2. The number of terminal acetylenes is 2. The highest BCUT2D eigenvalue weighted by Crippen LogP contribution is 2.34. The molecule has 5 aromatic rings. The van der Waals surface area contributed by atoms with Crippen LogP contribution in [0.25, 0.3) is 5.69 Å². The van der Waals surface area contributed by atoms with Gasteiger partial charge in [0.15, 0.2) is 5.69 Å². The van der Waals surface area contributed by atoms with Crippen molar-refractivity contribution in [3.8, 4) is 30.4 Å². The number of benzodiazepines with no additional fused rings is 1. The molecule has 2 aliphatic rings. The zero-order chi connectivity index (χ0) is 39.3. The van der Waals surface area contributed by atoms with Gasteiger partial charge < -0.3 is 14.4 Å². The van der Waals surface area contributed by atoms with Crippen molar-refractivity contribution in [1.29, 1.82) is 0 Å². The van der Waals surface area contributed by atoms with E-state index in [-0.39, 0.29) is 49.6 Å². The number of rotatable bonds is 9. The minimum atomic E-state index is -0.690. The Morgan fingerprint density at radius 3 is 1.98 bits per heavy atom. The molecule has 0 aliphatic carbocycles. The van der Waals surface area contributed by atoms with E-state index in [1.165, 1.54) is 18.5 Å². The van der Waals surface area contributed by atoms with Gasteiger partial charge >= 0.3 is 11.9 Å². The fourth-order valence-electron chi connectivity index (χ4n) is 6.61. The monoisotopic (exact) mass is 745 g/mol. The number of ether oxygens (including phenoxy) is 2. The van der Waals surface area contributed by atoms with Crippen LogP contribution >= 0.6 is 0 Å². The molecule has 3 heterocycles. The summed E-state index contributed by atoms with van der Waals surface area (Å²) in [5.74, 6) is 3.02. The molecule has 0 atom stereocenters. The summed E-state index contributed by atoms with van der Waals surface area (Å²) in [5.41, 5.74) is 6.19. The normalized spacial score (nSPS) is 13.9. The van der Waals surface area contributed by atoms with Crippen molar-refractivity contribution >= 4 is 29.0 Å². The average molecular weight is 746 g/mol. The van der Waals surface area contributed by atoms with Crippen molar-refractivity contribution < 1.29 is 27.8 Å². The van der Waals surface area contributed by atoms with Gasteiger partial charge in [-0.05, 0) is 67.6 Å². The van der Waals surface area contributed by atoms with Crippen LogP contribution in [0.3, 0.4) is 0 Å². The molecule has 9 nitrogen and oxygen atoms in total. The summed E-state index contributed by atoms with van der Waals surface area (Å²) < 4.78 is 42.8. The molecule has 11 heteroatoms. The van der Waals surface area contributed by atoms with Crippen molar-refractivity contribution in [1.82, 2.24) is 9.55 Å². The lowest BCUT2D eigenvalue weighted by atomic mass is 9.97. The number of imidazole rings is 1. The molecule has 0 bridgehead atoms. The fourth-order valence-corrected chi connectivity index (χ4v) is 6.61. The maximum atomic E-state index is 15.0. The van der Waals surface area contributed by atoms with Gasteiger partial charge in [0.2, 0.25) is 0 Å². The van der Waals surface area contributed by atoms with Crippen LogP contribution in [0.15, 0.2) is 125 Å². The Morgan fingerprint density at radius 1 is 0.804 bits per heavy atom. The quantitative estimate of drug-likeness (QED) is 0.0679. The second-order valence-electron chi connectivity index (χ2n) is 12.7. The lowest BCUT2D eigenvalue weighted by Crippen LogP contribution is -2.22. The summed E-state index contributed by atoms with van der Waals surface area (Å²) in [6.07, 6.45) is 14.6. The van der Waals surface area contributed by atoms with Crippen LogP contribution in [0.4, 0.5) is 14.5 Å². The first-order valence-corrected chi connectivity index (χ1v) is 17.6. The number of fused-ring (bicyclic) bond motifs is 4. The lowest BCUT2D eigenvalue weighted by molar-refractivity contribution is -0.139. The van der Waals surface area contributed by atoms with Gasteiger partial charge in [-0.2, -0.15) is 0 Å². The number of aliphatic imine (C=N–C) groups is 2. The summed E-state index contributed by atoms with van der Waals surface area (Å²) in [6, 6.07) is 23.2. The summed E-state index contributed by atoms with van der Waals surface area (Å²) in [4.78, 5) is 42.2. The number of carbonyl (C=O) groups excluding carboxylic acids is 2. The fraction of sp³-hybridized carbons (Fsp3) is 0.133. The lowest BCUT2D eigenvalue weighted by Gasteiger charge is -2.24. The molecule has 0 unspecified atom stereocenters. The highest BCUT2D eigenvalue weighted by atomic mass is 19.1. The van der Waals surface area contributed by atoms with Gasteiger partial charge in [0, 0.05) is 46.0 Å². The van der Waals surface area contributed by atoms with Crippen molar-refractivity contribution in [3.63, 3.8) is 0 Å². The van der Waals surface area contributed by atoms with Gasteiger partial charge in [-0.15, -0.1) is 12.8 Å². The number of anilines is 1. The maximum absolute atomic E-state index is 15.0. The molecule has 0 spiro atoms. The topological polar surface area (TPSA) is 98.4 Å². The van der Waals surface area contributed by atoms with Crippen LogP contribution in [0.2, 0.25) is 0 Å². The highest BCUT2D eigenvalue weighted by Gasteiger charge is 2.28. The summed E-state index contributed by atoms with van der Waals surface area (Å²) in [7, 11) is 0. The molecule has 0 radical (unpaired) electrons. The van der Waals surface area contributed by atoms with E-state index in [9.17, 15) is 14.0 Å². The van der Waals surface area contributed by atoms with Crippen molar-refractivity contribution in [2.45, 2.75) is 19.9 Å². The number of esters is 2. The van der Waals surface area contributed by atoms with Gasteiger partial charge in [0.1, 0.15) is 18.0 Å². The Bertz CT molecular complexity index is 2610. The molecule has 0 fully saturated rings. The van der Waals surface area contributed by atoms with E-state index in [0.29, 0.717) is 62.0 Å². The number of benzene rings is 4. The van der Waals surface area contributed by atoms with Crippen LogP contribution < -0.4 is 4.90 Å². The standard InChI is InChI=1S/C45H33F2N5O4/c1-5-29-17-19-37-33(23-29)41(31-13-8-10-15-35(31)46)48-25-39(51(37)7-3)28(4)44(53)55-21-12-22-56-45(54)43-40-26-49-42(32-14-9-11-16-36(32)47)34-24-30(6-2)18-20-38(34)52(40)27-50-43/h1-2,7-11,13-20,23-24,27H,3,12,21-22,25-26H2,4H3/b39-28+. The minimum absolute atomic E-state index is 0.0167. The largest absolute Gasteiger partial charge is 0.462 e. The van der Waals surface area contributed by atoms with Crippen LogP contribution in [0.1, 0.15) is 62.9 Å². The molecule has 0 saturated carbocycles. The van der Waals surface area contributed by atoms with Gasteiger partial charge in [-0.25, -0.2) is 23.4 Å². The van der Waals surface area contributed by atoms with Crippen molar-refractivity contribution in [3.05, 3.63) is 172 Å². The number of hydrogen-bond acceptors (Lipinski definition) is 8. The Kier molecular flexibility index (Phi) is 10.5. The Hall–Kier alpha value is -7.37. The zero-order valence-electron chi connectivity index (χ0n) is 30.3. The van der Waals surface area contributed by atoms with E-state index < -0.39 is 23.6 Å². The average Bonchev–Trinajstić information content (AvgIpc) is 3.49. The van der Waals surface area contributed by atoms with Crippen molar-refractivity contribution in [2.24, 2.45) is 9.98 Å². The van der Waals surface area contributed by atoms with Gasteiger partial charge in [-0.3, -0.25) is 14.6 Å².